The van der Waals surface area contributed by atoms with E-state index < -0.39 is 0 Å². The van der Waals surface area contributed by atoms with Crippen molar-refractivity contribution in [2.45, 2.75) is 32.4 Å². The first-order valence-corrected chi connectivity index (χ1v) is 8.82. The van der Waals surface area contributed by atoms with Gasteiger partial charge < -0.3 is 10.1 Å². The fraction of sp³-hybridized carbons (Fsp3) is 0.500. The van der Waals surface area contributed by atoms with Crippen LogP contribution in [-0.4, -0.2) is 52.2 Å². The summed E-state index contributed by atoms with van der Waals surface area (Å²) in [5.74, 6) is 0.472. The van der Waals surface area contributed by atoms with Gasteiger partial charge in [-0.15, -0.1) is 21.5 Å². The van der Waals surface area contributed by atoms with Crippen LogP contribution in [0.25, 0.3) is 0 Å². The number of piperidine rings is 1. The summed E-state index contributed by atoms with van der Waals surface area (Å²) in [6.07, 6.45) is 3.79. The first-order valence-electron chi connectivity index (χ1n) is 8.00. The second-order valence-corrected chi connectivity index (χ2v) is 7.05. The first kappa shape index (κ1) is 16.8. The molecule has 1 saturated heterocycles. The van der Waals surface area contributed by atoms with Crippen LogP contribution in [-0.2, 0) is 6.54 Å². The Hall–Kier alpha value is -2.06. The van der Waals surface area contributed by atoms with E-state index >= 15 is 0 Å². The monoisotopic (exact) mass is 347 g/mol. The van der Waals surface area contributed by atoms with Crippen molar-refractivity contribution < 1.29 is 9.53 Å². The van der Waals surface area contributed by atoms with Crippen molar-refractivity contribution in [3.05, 3.63) is 34.0 Å². The van der Waals surface area contributed by atoms with Crippen LogP contribution >= 0.6 is 11.3 Å². The molecule has 0 bridgehead atoms. The molecule has 1 aliphatic rings. The second kappa shape index (κ2) is 7.67. The van der Waals surface area contributed by atoms with E-state index in [-0.39, 0.29) is 12.0 Å². The van der Waals surface area contributed by atoms with E-state index in [1.807, 2.05) is 6.92 Å². The van der Waals surface area contributed by atoms with Crippen LogP contribution in [0.1, 0.15) is 33.3 Å². The number of pyridine rings is 1. The Morgan fingerprint density at radius 3 is 3.12 bits per heavy atom. The summed E-state index contributed by atoms with van der Waals surface area (Å²) >= 11 is 1.64. The van der Waals surface area contributed by atoms with Gasteiger partial charge >= 0.3 is 0 Å². The van der Waals surface area contributed by atoms with E-state index in [1.165, 1.54) is 0 Å². The molecule has 2 aromatic rings. The fourth-order valence-corrected chi connectivity index (χ4v) is 3.53. The van der Waals surface area contributed by atoms with E-state index in [2.05, 4.69) is 25.4 Å². The summed E-state index contributed by atoms with van der Waals surface area (Å²) in [5.41, 5.74) is 0.368. The van der Waals surface area contributed by atoms with Crippen LogP contribution in [0.15, 0.2) is 18.3 Å². The number of rotatable bonds is 5. The highest BCUT2D eigenvalue weighted by atomic mass is 32.1. The summed E-state index contributed by atoms with van der Waals surface area (Å²) in [5, 5.41) is 12.9. The molecule has 0 aliphatic carbocycles. The van der Waals surface area contributed by atoms with Gasteiger partial charge in [0.2, 0.25) is 0 Å². The van der Waals surface area contributed by atoms with Crippen LogP contribution in [0.2, 0.25) is 0 Å². The van der Waals surface area contributed by atoms with Crippen molar-refractivity contribution >= 4 is 17.2 Å². The minimum Gasteiger partial charge on any atom is -0.489 e. The van der Waals surface area contributed by atoms with Crippen molar-refractivity contribution in [2.75, 3.05) is 20.1 Å². The number of likely N-dealkylation sites (tertiary alicyclic amines) is 1. The topological polar surface area (TPSA) is 80.2 Å². The summed E-state index contributed by atoms with van der Waals surface area (Å²) in [6, 6.07) is 3.48. The van der Waals surface area contributed by atoms with E-state index in [0.717, 1.165) is 42.5 Å². The third-order valence-electron chi connectivity index (χ3n) is 3.88. The van der Waals surface area contributed by atoms with Gasteiger partial charge in [-0.3, -0.25) is 14.7 Å². The van der Waals surface area contributed by atoms with Gasteiger partial charge in [-0.25, -0.2) is 0 Å². The largest absolute Gasteiger partial charge is 0.489 e. The third kappa shape index (κ3) is 4.27. The SMILES string of the molecule is CNC(=O)c1cc(OC2CCCN(Cc3nnc(C)s3)C2)ccn1. The lowest BCUT2D eigenvalue weighted by atomic mass is 10.1. The van der Waals surface area contributed by atoms with Crippen LogP contribution in [0.5, 0.6) is 5.75 Å². The van der Waals surface area contributed by atoms with Gasteiger partial charge in [0.05, 0.1) is 6.54 Å². The maximum Gasteiger partial charge on any atom is 0.269 e. The lowest BCUT2D eigenvalue weighted by Crippen LogP contribution is -2.40. The van der Waals surface area contributed by atoms with E-state index in [0.29, 0.717) is 11.4 Å². The van der Waals surface area contributed by atoms with Crippen LogP contribution < -0.4 is 10.1 Å². The number of ether oxygens (including phenoxy) is 1. The highest BCUT2D eigenvalue weighted by Crippen LogP contribution is 2.21. The lowest BCUT2D eigenvalue weighted by molar-refractivity contribution is 0.0836. The number of nitrogens with one attached hydrogen (secondary N) is 1. The Bertz CT molecular complexity index is 705. The van der Waals surface area contributed by atoms with Gasteiger partial charge in [0.25, 0.3) is 5.91 Å². The van der Waals surface area contributed by atoms with Crippen molar-refractivity contribution in [1.82, 2.24) is 25.4 Å². The van der Waals surface area contributed by atoms with Crippen LogP contribution in [0.3, 0.4) is 0 Å². The van der Waals surface area contributed by atoms with Gasteiger partial charge in [0, 0.05) is 25.9 Å². The number of aryl methyl sites for hydroxylation is 1. The number of nitrogens with zero attached hydrogens (tertiary/aromatic N) is 4. The normalized spacial score (nSPS) is 18.3. The minimum absolute atomic E-state index is 0.104. The number of hydrogen-bond acceptors (Lipinski definition) is 7. The van der Waals surface area contributed by atoms with Crippen LogP contribution in [0, 0.1) is 6.92 Å². The molecule has 1 unspecified atom stereocenters. The van der Waals surface area contributed by atoms with E-state index in [1.54, 1.807) is 36.7 Å². The molecule has 1 fully saturated rings. The molecule has 0 radical (unpaired) electrons. The second-order valence-electron chi connectivity index (χ2n) is 5.79. The summed E-state index contributed by atoms with van der Waals surface area (Å²) in [7, 11) is 1.59. The molecule has 1 atom stereocenters. The smallest absolute Gasteiger partial charge is 0.269 e. The Morgan fingerprint density at radius 1 is 1.50 bits per heavy atom. The van der Waals surface area contributed by atoms with Gasteiger partial charge in [0.15, 0.2) is 0 Å². The number of hydrogen-bond donors (Lipinski definition) is 1. The molecule has 128 valence electrons. The molecule has 0 saturated carbocycles. The zero-order chi connectivity index (χ0) is 16.9. The third-order valence-corrected chi connectivity index (χ3v) is 4.71. The predicted molar refractivity (Wildman–Crippen MR) is 91.2 cm³/mol. The fourth-order valence-electron chi connectivity index (χ4n) is 2.77. The quantitative estimate of drug-likeness (QED) is 0.886. The van der Waals surface area contributed by atoms with Crippen molar-refractivity contribution in [1.29, 1.82) is 0 Å². The van der Waals surface area contributed by atoms with Crippen molar-refractivity contribution in [3.63, 3.8) is 0 Å². The Morgan fingerprint density at radius 2 is 2.38 bits per heavy atom. The molecule has 8 heteroatoms. The predicted octanol–water partition coefficient (Wildman–Crippen LogP) is 1.64. The van der Waals surface area contributed by atoms with Crippen LogP contribution in [0.4, 0.5) is 0 Å². The number of carbonyl (C=O) groups is 1. The highest BCUT2D eigenvalue weighted by molar-refractivity contribution is 7.11. The number of aromatic nitrogens is 3. The molecule has 0 aromatic carbocycles. The van der Waals surface area contributed by atoms with Crippen molar-refractivity contribution in [3.8, 4) is 5.75 Å². The molecule has 1 amide bonds. The van der Waals surface area contributed by atoms with Gasteiger partial charge in [-0.05, 0) is 32.4 Å². The number of carbonyl (C=O) groups excluding carboxylic acids is 1. The molecule has 3 heterocycles. The van der Waals surface area contributed by atoms with Gasteiger partial charge in [0.1, 0.15) is 27.6 Å². The Balaban J connectivity index is 1.60. The van der Waals surface area contributed by atoms with E-state index in [4.69, 9.17) is 4.74 Å². The average molecular weight is 347 g/mol. The molecule has 1 aliphatic heterocycles. The highest BCUT2D eigenvalue weighted by Gasteiger charge is 2.22. The summed E-state index contributed by atoms with van der Waals surface area (Å²) in [4.78, 5) is 18.1. The van der Waals surface area contributed by atoms with Crippen molar-refractivity contribution in [2.24, 2.45) is 0 Å². The Labute approximate surface area is 145 Å². The molecule has 1 N–H and O–H groups in total. The molecule has 7 nitrogen and oxygen atoms in total. The maximum absolute atomic E-state index is 11.7. The molecular weight excluding hydrogens is 326 g/mol. The van der Waals surface area contributed by atoms with Gasteiger partial charge in [-0.1, -0.05) is 0 Å². The lowest BCUT2D eigenvalue weighted by Gasteiger charge is -2.32. The standard InChI is InChI=1S/C16H21N5O2S/c1-11-19-20-15(24-11)10-21-7-3-4-13(9-21)23-12-5-6-18-14(8-12)16(22)17-2/h5-6,8,13H,3-4,7,9-10H2,1-2H3,(H,17,22). The zero-order valence-corrected chi connectivity index (χ0v) is 14.7. The average Bonchev–Trinajstić information content (AvgIpc) is 2.99. The molecular formula is C16H21N5O2S. The minimum atomic E-state index is -0.211. The first-order chi connectivity index (χ1) is 11.6. The molecule has 3 rings (SSSR count). The summed E-state index contributed by atoms with van der Waals surface area (Å²) in [6.45, 7) is 4.66. The maximum atomic E-state index is 11.7. The zero-order valence-electron chi connectivity index (χ0n) is 13.9. The van der Waals surface area contributed by atoms with E-state index in [9.17, 15) is 4.79 Å². The Kier molecular flexibility index (Phi) is 5.37. The summed E-state index contributed by atoms with van der Waals surface area (Å²) < 4.78 is 6.07. The molecule has 0 spiro atoms. The number of amides is 1. The molecule has 24 heavy (non-hydrogen) atoms. The molecule has 2 aromatic heterocycles. The van der Waals surface area contributed by atoms with Gasteiger partial charge in [-0.2, -0.15) is 0 Å².